The Labute approximate surface area is 122 Å². The zero-order valence-corrected chi connectivity index (χ0v) is 11.8. The van der Waals surface area contributed by atoms with Crippen LogP contribution in [0.2, 0.25) is 0 Å². The van der Waals surface area contributed by atoms with Gasteiger partial charge in [-0.3, -0.25) is 0 Å². The molecule has 0 fully saturated rings. The fraction of sp³-hybridized carbons (Fsp3) is 0.333. The molecule has 0 aliphatic heterocycles. The molecule has 0 unspecified atom stereocenters. The molecule has 0 saturated heterocycles. The molecule has 1 N–H and O–H groups in total. The Kier molecular flexibility index (Phi) is 6.97. The van der Waals surface area contributed by atoms with E-state index in [2.05, 4.69) is 6.58 Å². The minimum Gasteiger partial charge on any atom is -0.491 e. The van der Waals surface area contributed by atoms with Crippen molar-refractivity contribution in [3.63, 3.8) is 0 Å². The zero-order chi connectivity index (χ0) is 15.7. The smallest absolute Gasteiger partial charge is 0.335 e. The minimum atomic E-state index is -0.978. The third-order valence-electron chi connectivity index (χ3n) is 2.41. The van der Waals surface area contributed by atoms with E-state index in [-0.39, 0.29) is 18.8 Å². The predicted molar refractivity (Wildman–Crippen MR) is 75.5 cm³/mol. The third kappa shape index (κ3) is 6.58. The van der Waals surface area contributed by atoms with E-state index in [1.54, 1.807) is 19.1 Å². The van der Waals surface area contributed by atoms with E-state index >= 15 is 0 Å². The molecule has 0 spiro atoms. The first-order valence-electron chi connectivity index (χ1n) is 6.37. The molecule has 0 amide bonds. The first-order valence-corrected chi connectivity index (χ1v) is 6.37. The van der Waals surface area contributed by atoms with Crippen LogP contribution in [-0.4, -0.2) is 43.5 Å². The van der Waals surface area contributed by atoms with Crippen LogP contribution < -0.4 is 4.74 Å². The van der Waals surface area contributed by atoms with Crippen molar-refractivity contribution in [1.82, 2.24) is 0 Å². The number of carbonyl (C=O) groups excluding carboxylic acids is 1. The standard InChI is InChI=1S/C15H18O6/c1-11(2)15(18)21-10-8-19-7-9-20-13-5-3-12(4-6-13)14(16)17/h3-6H,1,7-10H2,2H3,(H,16,17). The van der Waals surface area contributed by atoms with Crippen LogP contribution in [0, 0.1) is 0 Å². The predicted octanol–water partition coefficient (Wildman–Crippen LogP) is 1.90. The van der Waals surface area contributed by atoms with Gasteiger partial charge in [-0.05, 0) is 31.2 Å². The van der Waals surface area contributed by atoms with Crippen LogP contribution in [0.1, 0.15) is 17.3 Å². The molecule has 21 heavy (non-hydrogen) atoms. The van der Waals surface area contributed by atoms with Gasteiger partial charge in [0.15, 0.2) is 0 Å². The Balaban J connectivity index is 2.10. The van der Waals surface area contributed by atoms with Crippen LogP contribution >= 0.6 is 0 Å². The van der Waals surface area contributed by atoms with Crippen molar-refractivity contribution < 1.29 is 28.9 Å². The minimum absolute atomic E-state index is 0.166. The summed E-state index contributed by atoms with van der Waals surface area (Å²) in [5.41, 5.74) is 0.557. The summed E-state index contributed by atoms with van der Waals surface area (Å²) in [6.07, 6.45) is 0. The number of ether oxygens (including phenoxy) is 3. The molecular formula is C15H18O6. The maximum Gasteiger partial charge on any atom is 0.335 e. The molecule has 6 nitrogen and oxygen atoms in total. The topological polar surface area (TPSA) is 82.1 Å². The first-order chi connectivity index (χ1) is 10.0. The van der Waals surface area contributed by atoms with Gasteiger partial charge in [-0.2, -0.15) is 0 Å². The van der Waals surface area contributed by atoms with E-state index < -0.39 is 11.9 Å². The van der Waals surface area contributed by atoms with Crippen LogP contribution in [0.15, 0.2) is 36.4 Å². The van der Waals surface area contributed by atoms with Crippen molar-refractivity contribution in [2.24, 2.45) is 0 Å². The van der Waals surface area contributed by atoms with Gasteiger partial charge in [0.05, 0.1) is 18.8 Å². The molecule has 114 valence electrons. The summed E-state index contributed by atoms with van der Waals surface area (Å²) in [5.74, 6) is -0.847. The van der Waals surface area contributed by atoms with Gasteiger partial charge in [0.2, 0.25) is 0 Å². The second kappa shape index (κ2) is 8.76. The third-order valence-corrected chi connectivity index (χ3v) is 2.41. The zero-order valence-electron chi connectivity index (χ0n) is 11.8. The van der Waals surface area contributed by atoms with E-state index in [9.17, 15) is 9.59 Å². The fourth-order valence-corrected chi connectivity index (χ4v) is 1.33. The number of carboxylic acid groups (broad SMARTS) is 1. The Morgan fingerprint density at radius 3 is 2.29 bits per heavy atom. The van der Waals surface area contributed by atoms with Crippen molar-refractivity contribution in [1.29, 1.82) is 0 Å². The lowest BCUT2D eigenvalue weighted by Gasteiger charge is -2.08. The average Bonchev–Trinajstić information content (AvgIpc) is 2.46. The van der Waals surface area contributed by atoms with Crippen LogP contribution in [0.5, 0.6) is 5.75 Å². The highest BCUT2D eigenvalue weighted by molar-refractivity contribution is 5.87. The second-order valence-corrected chi connectivity index (χ2v) is 4.21. The van der Waals surface area contributed by atoms with Gasteiger partial charge in [0.1, 0.15) is 19.0 Å². The normalized spacial score (nSPS) is 9.95. The number of benzene rings is 1. The molecule has 0 aliphatic rings. The fourth-order valence-electron chi connectivity index (χ4n) is 1.33. The number of rotatable bonds is 9. The number of carbonyl (C=O) groups is 2. The summed E-state index contributed by atoms with van der Waals surface area (Å²) < 4.78 is 15.4. The monoisotopic (exact) mass is 294 g/mol. The maximum absolute atomic E-state index is 11.0. The van der Waals surface area contributed by atoms with Crippen molar-refractivity contribution in [3.8, 4) is 5.75 Å². The summed E-state index contributed by atoms with van der Waals surface area (Å²) in [4.78, 5) is 21.7. The van der Waals surface area contributed by atoms with Crippen LogP contribution in [0.4, 0.5) is 0 Å². The molecule has 1 aromatic rings. The Bertz CT molecular complexity index is 491. The highest BCUT2D eigenvalue weighted by atomic mass is 16.6. The van der Waals surface area contributed by atoms with Gasteiger partial charge in [-0.15, -0.1) is 0 Å². The van der Waals surface area contributed by atoms with Crippen LogP contribution in [0.25, 0.3) is 0 Å². The number of hydrogen-bond acceptors (Lipinski definition) is 5. The molecule has 1 rings (SSSR count). The number of carboxylic acids is 1. The van der Waals surface area contributed by atoms with Gasteiger partial charge in [-0.1, -0.05) is 6.58 Å². The highest BCUT2D eigenvalue weighted by Crippen LogP contribution is 2.11. The van der Waals surface area contributed by atoms with Gasteiger partial charge < -0.3 is 19.3 Å². The van der Waals surface area contributed by atoms with E-state index in [0.29, 0.717) is 24.5 Å². The van der Waals surface area contributed by atoms with E-state index in [1.807, 2.05) is 0 Å². The molecule has 6 heteroatoms. The second-order valence-electron chi connectivity index (χ2n) is 4.21. The van der Waals surface area contributed by atoms with Crippen molar-refractivity contribution in [2.45, 2.75) is 6.92 Å². The van der Waals surface area contributed by atoms with Crippen LogP contribution in [-0.2, 0) is 14.3 Å². The molecule has 1 aromatic carbocycles. The molecule has 0 radical (unpaired) electrons. The lowest BCUT2D eigenvalue weighted by Crippen LogP contribution is -2.13. The average molecular weight is 294 g/mol. The van der Waals surface area contributed by atoms with Crippen LogP contribution in [0.3, 0.4) is 0 Å². The Morgan fingerprint density at radius 1 is 1.10 bits per heavy atom. The Morgan fingerprint density at radius 2 is 1.71 bits per heavy atom. The van der Waals surface area contributed by atoms with Gasteiger partial charge >= 0.3 is 11.9 Å². The highest BCUT2D eigenvalue weighted by Gasteiger charge is 2.03. The van der Waals surface area contributed by atoms with Gasteiger partial charge in [-0.25, -0.2) is 9.59 Å². The first kappa shape index (κ1) is 16.7. The van der Waals surface area contributed by atoms with E-state index in [0.717, 1.165) is 0 Å². The summed E-state index contributed by atoms with van der Waals surface area (Å²) in [7, 11) is 0. The summed E-state index contributed by atoms with van der Waals surface area (Å²) in [6, 6.07) is 6.10. The molecule has 0 saturated carbocycles. The van der Waals surface area contributed by atoms with Crippen molar-refractivity contribution in [2.75, 3.05) is 26.4 Å². The number of esters is 1. The van der Waals surface area contributed by atoms with Crippen molar-refractivity contribution >= 4 is 11.9 Å². The maximum atomic E-state index is 11.0. The molecule has 0 heterocycles. The molecular weight excluding hydrogens is 276 g/mol. The molecule has 0 aromatic heterocycles. The summed E-state index contributed by atoms with van der Waals surface area (Å²) in [5, 5.41) is 8.74. The van der Waals surface area contributed by atoms with E-state index in [1.165, 1.54) is 12.1 Å². The SMILES string of the molecule is C=C(C)C(=O)OCCOCCOc1ccc(C(=O)O)cc1. The lowest BCUT2D eigenvalue weighted by molar-refractivity contribution is -0.140. The number of hydrogen-bond donors (Lipinski definition) is 1. The summed E-state index contributed by atoms with van der Waals surface area (Å²) in [6.45, 7) is 6.14. The quantitative estimate of drug-likeness (QED) is 0.425. The summed E-state index contributed by atoms with van der Waals surface area (Å²) >= 11 is 0. The van der Waals surface area contributed by atoms with Gasteiger partial charge in [0.25, 0.3) is 0 Å². The molecule has 0 atom stereocenters. The molecule has 0 bridgehead atoms. The largest absolute Gasteiger partial charge is 0.491 e. The van der Waals surface area contributed by atoms with Crippen molar-refractivity contribution in [3.05, 3.63) is 42.0 Å². The number of aromatic carboxylic acids is 1. The Hall–Kier alpha value is -2.34. The molecule has 0 aliphatic carbocycles. The van der Waals surface area contributed by atoms with E-state index in [4.69, 9.17) is 19.3 Å². The van der Waals surface area contributed by atoms with Gasteiger partial charge in [0, 0.05) is 5.57 Å². The lowest BCUT2D eigenvalue weighted by atomic mass is 10.2.